The van der Waals surface area contributed by atoms with Crippen LogP contribution in [0.4, 0.5) is 0 Å². The maximum Gasteiger partial charge on any atom is 0.256 e. The molecule has 0 spiro atoms. The lowest BCUT2D eigenvalue weighted by atomic mass is 10.00. The smallest absolute Gasteiger partial charge is 0.256 e. The number of fused-ring (bicyclic) bond motifs is 1. The lowest BCUT2D eigenvalue weighted by Gasteiger charge is -2.34. The maximum atomic E-state index is 13.1. The van der Waals surface area contributed by atoms with Crippen molar-refractivity contribution in [3.8, 4) is 0 Å². The molecule has 1 saturated heterocycles. The van der Waals surface area contributed by atoms with Gasteiger partial charge >= 0.3 is 0 Å². The molecule has 3 aromatic heterocycles. The first-order valence-corrected chi connectivity index (χ1v) is 7.85. The average molecular weight is 310 g/mol. The van der Waals surface area contributed by atoms with Gasteiger partial charge in [-0.3, -0.25) is 4.79 Å². The Morgan fingerprint density at radius 1 is 1.30 bits per heavy atom. The molecule has 0 aliphatic carbocycles. The molecule has 7 heteroatoms. The molecule has 3 aromatic rings. The summed E-state index contributed by atoms with van der Waals surface area (Å²) in [7, 11) is 0. The molecule has 1 aliphatic rings. The van der Waals surface area contributed by atoms with Gasteiger partial charge in [0.15, 0.2) is 5.65 Å². The van der Waals surface area contributed by atoms with Crippen molar-refractivity contribution in [3.05, 3.63) is 41.9 Å². The van der Waals surface area contributed by atoms with E-state index in [2.05, 4.69) is 24.9 Å². The van der Waals surface area contributed by atoms with Crippen molar-refractivity contribution in [1.82, 2.24) is 29.8 Å². The van der Waals surface area contributed by atoms with E-state index in [9.17, 15) is 4.79 Å². The Hall–Kier alpha value is -2.70. The summed E-state index contributed by atoms with van der Waals surface area (Å²) in [5.74, 6) is 1.61. The lowest BCUT2D eigenvalue weighted by molar-refractivity contribution is 0.0603. The fourth-order valence-electron chi connectivity index (χ4n) is 3.28. The highest BCUT2D eigenvalue weighted by Crippen LogP contribution is 2.31. The summed E-state index contributed by atoms with van der Waals surface area (Å²) in [5.41, 5.74) is 1.91. The Bertz CT molecular complexity index is 838. The topological polar surface area (TPSA) is 90.6 Å². The molecule has 23 heavy (non-hydrogen) atoms. The third kappa shape index (κ3) is 2.38. The Labute approximate surface area is 133 Å². The maximum absolute atomic E-state index is 13.1. The first-order valence-electron chi connectivity index (χ1n) is 7.85. The molecule has 0 bridgehead atoms. The fourth-order valence-corrected chi connectivity index (χ4v) is 3.28. The summed E-state index contributed by atoms with van der Waals surface area (Å²) in [6.45, 7) is 2.60. The predicted molar refractivity (Wildman–Crippen MR) is 84.8 cm³/mol. The van der Waals surface area contributed by atoms with E-state index in [0.29, 0.717) is 16.7 Å². The Kier molecular flexibility index (Phi) is 3.33. The van der Waals surface area contributed by atoms with Gasteiger partial charge in [-0.2, -0.15) is 0 Å². The number of aryl methyl sites for hydroxylation is 1. The summed E-state index contributed by atoms with van der Waals surface area (Å²) >= 11 is 0. The van der Waals surface area contributed by atoms with E-state index < -0.39 is 0 Å². The number of piperidine rings is 1. The quantitative estimate of drug-likeness (QED) is 0.760. The van der Waals surface area contributed by atoms with Crippen LogP contribution in [0.2, 0.25) is 0 Å². The minimum absolute atomic E-state index is 0.00140. The minimum Gasteiger partial charge on any atom is -0.347 e. The largest absolute Gasteiger partial charge is 0.347 e. The SMILES string of the molecule is Cc1nc2nccc(C(=O)N3CCCCC3c3ncc[nH]3)c2[nH]1. The van der Waals surface area contributed by atoms with Crippen molar-refractivity contribution < 1.29 is 4.79 Å². The van der Waals surface area contributed by atoms with Gasteiger partial charge in [0.05, 0.1) is 17.1 Å². The van der Waals surface area contributed by atoms with E-state index >= 15 is 0 Å². The molecule has 0 aromatic carbocycles. The van der Waals surface area contributed by atoms with Gasteiger partial charge < -0.3 is 14.9 Å². The number of carbonyl (C=O) groups is 1. The van der Waals surface area contributed by atoms with E-state index in [4.69, 9.17) is 0 Å². The molecular formula is C16H18N6O. The van der Waals surface area contributed by atoms with Crippen LogP contribution in [0.15, 0.2) is 24.7 Å². The molecule has 7 nitrogen and oxygen atoms in total. The van der Waals surface area contributed by atoms with E-state index in [0.717, 1.165) is 37.5 Å². The minimum atomic E-state index is -0.00140. The first-order chi connectivity index (χ1) is 11.2. The standard InChI is InChI=1S/C16H18N6O/c1-10-20-13-11(5-6-17-15(13)21-10)16(23)22-9-3-2-4-12(22)14-18-7-8-19-14/h5-8,12H,2-4,9H2,1H3,(H,18,19)(H,17,20,21). The van der Waals surface area contributed by atoms with Crippen LogP contribution in [-0.4, -0.2) is 42.3 Å². The molecule has 0 radical (unpaired) electrons. The van der Waals surface area contributed by atoms with Gasteiger partial charge in [-0.25, -0.2) is 15.0 Å². The molecule has 1 unspecified atom stereocenters. The number of pyridine rings is 1. The normalized spacial score (nSPS) is 18.5. The van der Waals surface area contributed by atoms with Crippen LogP contribution in [0.1, 0.15) is 47.3 Å². The highest BCUT2D eigenvalue weighted by molar-refractivity contribution is 6.04. The van der Waals surface area contributed by atoms with Gasteiger partial charge in [0.25, 0.3) is 5.91 Å². The number of likely N-dealkylation sites (tertiary alicyclic amines) is 1. The first kappa shape index (κ1) is 13.9. The third-order valence-corrected chi connectivity index (χ3v) is 4.34. The monoisotopic (exact) mass is 310 g/mol. The van der Waals surface area contributed by atoms with E-state index in [-0.39, 0.29) is 11.9 Å². The molecule has 1 atom stereocenters. The predicted octanol–water partition coefficient (Wildman–Crippen LogP) is 2.36. The zero-order chi connectivity index (χ0) is 15.8. The van der Waals surface area contributed by atoms with Crippen LogP contribution in [0, 0.1) is 6.92 Å². The highest BCUT2D eigenvalue weighted by atomic mass is 16.2. The summed E-state index contributed by atoms with van der Waals surface area (Å²) in [6, 6.07) is 1.76. The van der Waals surface area contributed by atoms with Crippen LogP contribution in [0.3, 0.4) is 0 Å². The van der Waals surface area contributed by atoms with Gasteiger partial charge in [0.2, 0.25) is 0 Å². The Morgan fingerprint density at radius 2 is 2.22 bits per heavy atom. The molecule has 0 saturated carbocycles. The van der Waals surface area contributed by atoms with Gasteiger partial charge in [-0.1, -0.05) is 0 Å². The number of aromatic amines is 2. The van der Waals surface area contributed by atoms with Crippen molar-refractivity contribution in [2.75, 3.05) is 6.54 Å². The number of hydrogen-bond donors (Lipinski definition) is 2. The summed E-state index contributed by atoms with van der Waals surface area (Å²) in [4.78, 5) is 34.2. The molecule has 4 heterocycles. The average Bonchev–Trinajstić information content (AvgIpc) is 3.22. The summed E-state index contributed by atoms with van der Waals surface area (Å²) < 4.78 is 0. The lowest BCUT2D eigenvalue weighted by Crippen LogP contribution is -2.39. The van der Waals surface area contributed by atoms with Crippen molar-refractivity contribution in [2.24, 2.45) is 0 Å². The van der Waals surface area contributed by atoms with Crippen molar-refractivity contribution >= 4 is 17.1 Å². The van der Waals surface area contributed by atoms with Crippen molar-refractivity contribution in [3.63, 3.8) is 0 Å². The highest BCUT2D eigenvalue weighted by Gasteiger charge is 2.31. The van der Waals surface area contributed by atoms with Gasteiger partial charge in [0, 0.05) is 25.1 Å². The molecule has 4 rings (SSSR count). The number of rotatable bonds is 2. The number of nitrogens with zero attached hydrogens (tertiary/aromatic N) is 4. The van der Waals surface area contributed by atoms with Gasteiger partial charge in [0.1, 0.15) is 11.6 Å². The number of imidazole rings is 2. The number of H-pyrrole nitrogens is 2. The molecule has 118 valence electrons. The number of nitrogens with one attached hydrogen (secondary N) is 2. The number of carbonyl (C=O) groups excluding carboxylic acids is 1. The van der Waals surface area contributed by atoms with E-state index in [1.165, 1.54) is 0 Å². The van der Waals surface area contributed by atoms with Crippen LogP contribution < -0.4 is 0 Å². The molecular weight excluding hydrogens is 292 g/mol. The van der Waals surface area contributed by atoms with Gasteiger partial charge in [-0.15, -0.1) is 0 Å². The third-order valence-electron chi connectivity index (χ3n) is 4.34. The molecule has 2 N–H and O–H groups in total. The summed E-state index contributed by atoms with van der Waals surface area (Å²) in [5, 5.41) is 0. The van der Waals surface area contributed by atoms with E-state index in [1.807, 2.05) is 11.8 Å². The Balaban J connectivity index is 1.74. The Morgan fingerprint density at radius 3 is 3.04 bits per heavy atom. The molecule has 1 aliphatic heterocycles. The van der Waals surface area contributed by atoms with Gasteiger partial charge in [-0.05, 0) is 32.3 Å². The zero-order valence-corrected chi connectivity index (χ0v) is 12.9. The second kappa shape index (κ2) is 5.49. The molecule has 1 fully saturated rings. The number of amides is 1. The van der Waals surface area contributed by atoms with Crippen LogP contribution in [0.25, 0.3) is 11.2 Å². The van der Waals surface area contributed by atoms with Crippen LogP contribution >= 0.6 is 0 Å². The van der Waals surface area contributed by atoms with Crippen LogP contribution in [0.5, 0.6) is 0 Å². The van der Waals surface area contributed by atoms with Crippen LogP contribution in [-0.2, 0) is 0 Å². The van der Waals surface area contributed by atoms with Crippen molar-refractivity contribution in [2.45, 2.75) is 32.2 Å². The van der Waals surface area contributed by atoms with Crippen molar-refractivity contribution in [1.29, 1.82) is 0 Å². The second-order valence-electron chi connectivity index (χ2n) is 5.86. The fraction of sp³-hybridized carbons (Fsp3) is 0.375. The number of hydrogen-bond acceptors (Lipinski definition) is 4. The van der Waals surface area contributed by atoms with E-state index in [1.54, 1.807) is 24.7 Å². The summed E-state index contributed by atoms with van der Waals surface area (Å²) in [6.07, 6.45) is 8.21. The second-order valence-corrected chi connectivity index (χ2v) is 5.86. The number of aromatic nitrogens is 5. The molecule has 1 amide bonds. The zero-order valence-electron chi connectivity index (χ0n) is 12.9.